The van der Waals surface area contributed by atoms with Crippen LogP contribution in [0.15, 0.2) is 42.5 Å². The van der Waals surface area contributed by atoms with Gasteiger partial charge in [-0.05, 0) is 49.9 Å². The number of likely N-dealkylation sites (N-methyl/N-ethyl adjacent to an activating group) is 1. The number of hydrogen-bond acceptors (Lipinski definition) is 5. The van der Waals surface area contributed by atoms with E-state index in [1.165, 1.54) is 0 Å². The third-order valence-electron chi connectivity index (χ3n) is 5.71. The van der Waals surface area contributed by atoms with E-state index in [4.69, 9.17) is 9.47 Å². The fraction of sp³-hybridized carbons (Fsp3) is 0.444. The molecule has 0 aliphatic heterocycles. The van der Waals surface area contributed by atoms with Crippen molar-refractivity contribution in [2.75, 3.05) is 32.6 Å². The van der Waals surface area contributed by atoms with Crippen molar-refractivity contribution in [3.8, 4) is 0 Å². The zero-order valence-electron chi connectivity index (χ0n) is 21.1. The molecule has 34 heavy (non-hydrogen) atoms. The van der Waals surface area contributed by atoms with Crippen molar-refractivity contribution >= 4 is 23.5 Å². The van der Waals surface area contributed by atoms with E-state index in [0.29, 0.717) is 17.7 Å². The lowest BCUT2D eigenvalue weighted by atomic mass is 10.0. The smallest absolute Gasteiger partial charge is 0.362 e. The molecule has 1 N–H and O–H groups in total. The highest BCUT2D eigenvalue weighted by atomic mass is 16.5. The fourth-order valence-corrected chi connectivity index (χ4v) is 4.01. The van der Waals surface area contributed by atoms with Crippen molar-refractivity contribution in [2.24, 2.45) is 0 Å². The minimum atomic E-state index is -0.509. The van der Waals surface area contributed by atoms with Gasteiger partial charge < -0.3 is 19.3 Å². The molecule has 0 aliphatic rings. The number of hydrogen-bond donors (Lipinski definition) is 1. The molecule has 0 saturated heterocycles. The maximum absolute atomic E-state index is 13.4. The van der Waals surface area contributed by atoms with Crippen LogP contribution in [0.2, 0.25) is 0 Å². The lowest BCUT2D eigenvalue weighted by molar-refractivity contribution is -0.899. The first-order valence-electron chi connectivity index (χ1n) is 11.7. The van der Waals surface area contributed by atoms with Crippen LogP contribution in [0.5, 0.6) is 0 Å². The Balaban J connectivity index is 2.19. The Morgan fingerprint density at radius 2 is 1.68 bits per heavy atom. The Hall–Kier alpha value is -3.19. The van der Waals surface area contributed by atoms with E-state index in [1.54, 1.807) is 13.0 Å². The van der Waals surface area contributed by atoms with Crippen LogP contribution in [0, 0.1) is 13.8 Å². The standard InChI is InChI=1S/C27H36N2O5/c1-7-12-23(29(5,6)17-24(30)34-18-21-13-10-9-11-14-21)26(31)28-25-20(4)15-19(3)16-22(25)27(32)33-8-2/h9-11,13-16,23H,7-8,12,17-18H2,1-6H3/p+1. The van der Waals surface area contributed by atoms with Gasteiger partial charge in [0.25, 0.3) is 5.91 Å². The predicted octanol–water partition coefficient (Wildman–Crippen LogP) is 4.41. The number of benzene rings is 2. The highest BCUT2D eigenvalue weighted by Crippen LogP contribution is 2.25. The number of esters is 2. The quantitative estimate of drug-likeness (QED) is 0.389. The van der Waals surface area contributed by atoms with Crippen molar-refractivity contribution in [2.45, 2.75) is 53.2 Å². The SMILES string of the molecule is CCCC(C(=O)Nc1c(C)cc(C)cc1C(=O)OCC)[N+](C)(C)CC(=O)OCc1ccccc1. The number of ether oxygens (including phenoxy) is 2. The Morgan fingerprint density at radius 3 is 2.29 bits per heavy atom. The number of quaternary nitrogens is 1. The second-order valence-corrected chi connectivity index (χ2v) is 9.10. The van der Waals surface area contributed by atoms with Crippen molar-refractivity contribution in [3.63, 3.8) is 0 Å². The molecular formula is C27H37N2O5+. The van der Waals surface area contributed by atoms with Gasteiger partial charge in [-0.2, -0.15) is 0 Å². The molecule has 0 heterocycles. The Labute approximate surface area is 202 Å². The largest absolute Gasteiger partial charge is 0.462 e. The van der Waals surface area contributed by atoms with E-state index in [9.17, 15) is 14.4 Å². The van der Waals surface area contributed by atoms with Gasteiger partial charge in [-0.3, -0.25) is 4.79 Å². The van der Waals surface area contributed by atoms with Gasteiger partial charge in [-0.25, -0.2) is 9.59 Å². The van der Waals surface area contributed by atoms with Crippen molar-refractivity contribution < 1.29 is 28.3 Å². The molecule has 7 heteroatoms. The average molecular weight is 470 g/mol. The third kappa shape index (κ3) is 7.42. The summed E-state index contributed by atoms with van der Waals surface area (Å²) in [5.41, 5.74) is 3.36. The fourth-order valence-electron chi connectivity index (χ4n) is 4.01. The minimum Gasteiger partial charge on any atom is -0.462 e. The lowest BCUT2D eigenvalue weighted by Gasteiger charge is -2.36. The summed E-state index contributed by atoms with van der Waals surface area (Å²) >= 11 is 0. The van der Waals surface area contributed by atoms with Crippen LogP contribution >= 0.6 is 0 Å². The van der Waals surface area contributed by atoms with Gasteiger partial charge in [0.1, 0.15) is 6.61 Å². The van der Waals surface area contributed by atoms with Gasteiger partial charge in [-0.15, -0.1) is 0 Å². The predicted molar refractivity (Wildman–Crippen MR) is 132 cm³/mol. The molecule has 1 atom stereocenters. The minimum absolute atomic E-state index is 0.0442. The summed E-state index contributed by atoms with van der Waals surface area (Å²) in [5, 5.41) is 2.96. The molecule has 0 fully saturated rings. The summed E-state index contributed by atoms with van der Waals surface area (Å²) in [7, 11) is 3.69. The first-order chi connectivity index (χ1) is 16.1. The number of aryl methyl sites for hydroxylation is 2. The van der Waals surface area contributed by atoms with E-state index < -0.39 is 12.0 Å². The molecule has 2 rings (SSSR count). The molecule has 0 spiro atoms. The highest BCUT2D eigenvalue weighted by Gasteiger charge is 2.37. The second-order valence-electron chi connectivity index (χ2n) is 9.10. The van der Waals surface area contributed by atoms with E-state index in [-0.39, 0.29) is 36.1 Å². The van der Waals surface area contributed by atoms with Crippen LogP contribution in [0.4, 0.5) is 5.69 Å². The number of carbonyl (C=O) groups excluding carboxylic acids is 3. The normalized spacial score (nSPS) is 12.1. The van der Waals surface area contributed by atoms with Crippen LogP contribution < -0.4 is 5.32 Å². The van der Waals surface area contributed by atoms with E-state index in [0.717, 1.165) is 23.1 Å². The molecule has 0 aromatic heterocycles. The van der Waals surface area contributed by atoms with Crippen LogP contribution in [0.3, 0.4) is 0 Å². The first-order valence-corrected chi connectivity index (χ1v) is 11.7. The summed E-state index contributed by atoms with van der Waals surface area (Å²) in [6.45, 7) is 7.95. The number of carbonyl (C=O) groups is 3. The molecule has 0 bridgehead atoms. The average Bonchev–Trinajstić information content (AvgIpc) is 2.78. The number of amides is 1. The van der Waals surface area contributed by atoms with Crippen molar-refractivity contribution in [1.29, 1.82) is 0 Å². The van der Waals surface area contributed by atoms with Gasteiger partial charge >= 0.3 is 11.9 Å². The Morgan fingerprint density at radius 1 is 1.00 bits per heavy atom. The Bertz CT molecular complexity index is 1000. The molecule has 0 radical (unpaired) electrons. The van der Waals surface area contributed by atoms with Gasteiger partial charge in [-0.1, -0.05) is 43.3 Å². The molecule has 2 aromatic rings. The molecular weight excluding hydrogens is 432 g/mol. The zero-order chi connectivity index (χ0) is 25.3. The topological polar surface area (TPSA) is 81.7 Å². The van der Waals surface area contributed by atoms with E-state index in [1.807, 2.05) is 71.3 Å². The maximum atomic E-state index is 13.4. The van der Waals surface area contributed by atoms with Crippen molar-refractivity contribution in [3.05, 3.63) is 64.7 Å². The van der Waals surface area contributed by atoms with Crippen LogP contribution in [-0.4, -0.2) is 55.6 Å². The summed E-state index contributed by atoms with van der Waals surface area (Å²) in [5.74, 6) is -1.10. The zero-order valence-corrected chi connectivity index (χ0v) is 21.1. The van der Waals surface area contributed by atoms with E-state index >= 15 is 0 Å². The van der Waals surface area contributed by atoms with Crippen molar-refractivity contribution in [1.82, 2.24) is 0 Å². The summed E-state index contributed by atoms with van der Waals surface area (Å²) in [6.07, 6.45) is 1.33. The Kier molecular flexibility index (Phi) is 9.81. The van der Waals surface area contributed by atoms with Gasteiger partial charge in [0.05, 0.1) is 32.0 Å². The molecule has 0 aliphatic carbocycles. The number of rotatable bonds is 11. The highest BCUT2D eigenvalue weighted by molar-refractivity contribution is 6.03. The maximum Gasteiger partial charge on any atom is 0.362 e. The first kappa shape index (κ1) is 27.1. The molecule has 2 aromatic carbocycles. The summed E-state index contributed by atoms with van der Waals surface area (Å²) in [4.78, 5) is 38.6. The molecule has 7 nitrogen and oxygen atoms in total. The van der Waals surface area contributed by atoms with Crippen LogP contribution in [0.25, 0.3) is 0 Å². The van der Waals surface area contributed by atoms with Crippen LogP contribution in [0.1, 0.15) is 53.7 Å². The molecule has 0 saturated carbocycles. The third-order valence-corrected chi connectivity index (χ3v) is 5.71. The molecule has 1 unspecified atom stereocenters. The monoisotopic (exact) mass is 469 g/mol. The van der Waals surface area contributed by atoms with Gasteiger partial charge in [0.15, 0.2) is 12.6 Å². The van der Waals surface area contributed by atoms with Gasteiger partial charge in [0.2, 0.25) is 0 Å². The molecule has 1 amide bonds. The van der Waals surface area contributed by atoms with Gasteiger partial charge in [0, 0.05) is 6.42 Å². The van der Waals surface area contributed by atoms with E-state index in [2.05, 4.69) is 5.32 Å². The summed E-state index contributed by atoms with van der Waals surface area (Å²) in [6, 6.07) is 12.6. The molecule has 184 valence electrons. The van der Waals surface area contributed by atoms with Crippen LogP contribution in [-0.2, 0) is 25.7 Å². The summed E-state index contributed by atoms with van der Waals surface area (Å²) < 4.78 is 10.8. The second kappa shape index (κ2) is 12.3. The lowest BCUT2D eigenvalue weighted by Crippen LogP contribution is -2.57. The number of nitrogens with one attached hydrogen (secondary N) is 1. The number of anilines is 1. The number of nitrogens with zero attached hydrogens (tertiary/aromatic N) is 1.